The lowest BCUT2D eigenvalue weighted by Crippen LogP contribution is -2.57. The number of amides is 1. The third-order valence-electron chi connectivity index (χ3n) is 6.41. The number of hydrogen-bond donors (Lipinski definition) is 1. The Morgan fingerprint density at radius 2 is 1.83 bits per heavy atom. The first kappa shape index (κ1) is 21.2. The minimum Gasteiger partial charge on any atom is -0.338 e. The molecular formula is C21H31N3O3S2. The average molecular weight is 438 g/mol. The molecular weight excluding hydrogens is 406 g/mol. The van der Waals surface area contributed by atoms with E-state index < -0.39 is 16.1 Å². The van der Waals surface area contributed by atoms with Crippen molar-refractivity contribution in [1.82, 2.24) is 14.5 Å². The summed E-state index contributed by atoms with van der Waals surface area (Å²) in [5.74, 6) is 0.0601. The number of carbonyl (C=O) groups excluding carboxylic acids is 1. The van der Waals surface area contributed by atoms with Crippen LogP contribution in [0.25, 0.3) is 0 Å². The molecule has 0 aromatic rings. The van der Waals surface area contributed by atoms with Crippen LogP contribution in [-0.2, 0) is 14.8 Å². The monoisotopic (exact) mass is 437 g/mol. The molecule has 1 N–H and O–H groups in total. The van der Waals surface area contributed by atoms with Crippen LogP contribution < -0.4 is 4.72 Å². The number of sulfonamides is 1. The van der Waals surface area contributed by atoms with Crippen molar-refractivity contribution in [1.29, 1.82) is 0 Å². The van der Waals surface area contributed by atoms with E-state index in [0.717, 1.165) is 38.9 Å². The van der Waals surface area contributed by atoms with Gasteiger partial charge in [0.25, 0.3) is 0 Å². The van der Waals surface area contributed by atoms with Gasteiger partial charge in [-0.2, -0.15) is 4.72 Å². The van der Waals surface area contributed by atoms with Crippen LogP contribution >= 0.6 is 11.8 Å². The van der Waals surface area contributed by atoms with Gasteiger partial charge in [-0.05, 0) is 45.6 Å². The molecule has 0 saturated carbocycles. The van der Waals surface area contributed by atoms with Gasteiger partial charge in [0.05, 0.1) is 0 Å². The molecule has 29 heavy (non-hydrogen) atoms. The predicted molar refractivity (Wildman–Crippen MR) is 118 cm³/mol. The Hall–Kier alpha value is -1.09. The normalized spacial score (nSPS) is 31.4. The lowest BCUT2D eigenvalue weighted by molar-refractivity contribution is -0.139. The van der Waals surface area contributed by atoms with Crippen molar-refractivity contribution in [3.63, 3.8) is 0 Å². The number of allylic oxidation sites excluding steroid dienone is 4. The zero-order valence-electron chi connectivity index (χ0n) is 17.2. The summed E-state index contributed by atoms with van der Waals surface area (Å²) >= 11 is 1.37. The summed E-state index contributed by atoms with van der Waals surface area (Å²) in [5, 5.41) is 0.135. The quantitative estimate of drug-likeness (QED) is 0.716. The zero-order valence-corrected chi connectivity index (χ0v) is 18.8. The molecule has 0 radical (unpaired) electrons. The Balaban J connectivity index is 1.40. The van der Waals surface area contributed by atoms with Crippen LogP contribution in [-0.4, -0.2) is 67.1 Å². The summed E-state index contributed by atoms with van der Waals surface area (Å²) in [7, 11) is -3.67. The summed E-state index contributed by atoms with van der Waals surface area (Å²) in [4.78, 5) is 17.5. The molecule has 0 aromatic carbocycles. The Labute approximate surface area is 178 Å². The number of fused-ring (bicyclic) bond motifs is 1. The fraction of sp³-hybridized carbons (Fsp3) is 0.667. The van der Waals surface area contributed by atoms with E-state index >= 15 is 0 Å². The third-order valence-corrected chi connectivity index (χ3v) is 9.73. The molecule has 3 aliphatic heterocycles. The second-order valence-corrected chi connectivity index (χ2v) is 11.8. The van der Waals surface area contributed by atoms with E-state index in [-0.39, 0.29) is 23.1 Å². The van der Waals surface area contributed by atoms with Crippen molar-refractivity contribution < 1.29 is 13.2 Å². The number of nitrogens with zero attached hydrogens (tertiary/aromatic N) is 2. The molecule has 3 heterocycles. The summed E-state index contributed by atoms with van der Waals surface area (Å²) < 4.78 is 29.0. The topological polar surface area (TPSA) is 69.7 Å². The van der Waals surface area contributed by atoms with E-state index in [2.05, 4.69) is 23.5 Å². The van der Waals surface area contributed by atoms with E-state index in [1.807, 2.05) is 35.3 Å². The van der Waals surface area contributed by atoms with Crippen molar-refractivity contribution in [2.24, 2.45) is 5.92 Å². The van der Waals surface area contributed by atoms with Gasteiger partial charge in [-0.15, -0.1) is 11.8 Å². The third kappa shape index (κ3) is 4.50. The molecule has 1 aliphatic carbocycles. The second-order valence-electron chi connectivity index (χ2n) is 8.62. The highest BCUT2D eigenvalue weighted by atomic mass is 32.3. The molecule has 0 bridgehead atoms. The average Bonchev–Trinajstić information content (AvgIpc) is 3.15. The summed E-state index contributed by atoms with van der Waals surface area (Å²) in [6, 6.07) is 0.105. The maximum absolute atomic E-state index is 13.1. The maximum Gasteiger partial charge on any atom is 0.247 e. The lowest BCUT2D eigenvalue weighted by Gasteiger charge is -2.43. The number of thioether (sulfide) groups is 1. The highest BCUT2D eigenvalue weighted by molar-refractivity contribution is 8.18. The standard InChI is InChI=1S/C21H31N3O3S2/c1-15(2)23-12-9-17(10-13-23)24-11-5-7-18(21(24)25)22-29(26,27)20-14-16-6-3-4-8-19(16)28-20/h3-4,6,8,14-19,22H,5,7,9-13H2,1-2H3/t16?,18-,19?/m0/s1. The van der Waals surface area contributed by atoms with Gasteiger partial charge in [-0.1, -0.05) is 24.3 Å². The van der Waals surface area contributed by atoms with Crippen LogP contribution in [0.2, 0.25) is 0 Å². The van der Waals surface area contributed by atoms with Crippen molar-refractivity contribution in [3.8, 4) is 0 Å². The van der Waals surface area contributed by atoms with E-state index in [4.69, 9.17) is 0 Å². The molecule has 160 valence electrons. The first-order valence-corrected chi connectivity index (χ1v) is 13.0. The molecule has 6 nitrogen and oxygen atoms in total. The Morgan fingerprint density at radius 3 is 2.52 bits per heavy atom. The number of likely N-dealkylation sites (tertiary alicyclic amines) is 2. The Bertz CT molecular complexity index is 826. The van der Waals surface area contributed by atoms with Gasteiger partial charge >= 0.3 is 0 Å². The Kier molecular flexibility index (Phi) is 6.25. The van der Waals surface area contributed by atoms with Crippen LogP contribution in [0, 0.1) is 5.92 Å². The SMILES string of the molecule is CC(C)N1CCC(N2CCC[C@H](NS(=O)(=O)C3=CC4C=CC=CC4S3)C2=O)CC1. The van der Waals surface area contributed by atoms with E-state index in [9.17, 15) is 13.2 Å². The van der Waals surface area contributed by atoms with Crippen molar-refractivity contribution in [3.05, 3.63) is 34.6 Å². The minimum atomic E-state index is -3.67. The van der Waals surface area contributed by atoms with Crippen LogP contribution in [0.3, 0.4) is 0 Å². The molecule has 4 aliphatic rings. The van der Waals surface area contributed by atoms with Gasteiger partial charge < -0.3 is 9.80 Å². The van der Waals surface area contributed by atoms with Crippen molar-refractivity contribution in [2.45, 2.75) is 62.9 Å². The number of rotatable bonds is 5. The van der Waals surface area contributed by atoms with Gasteiger partial charge in [0.15, 0.2) is 0 Å². The molecule has 1 amide bonds. The molecule has 2 saturated heterocycles. The maximum atomic E-state index is 13.1. The molecule has 4 rings (SSSR count). The molecule has 0 spiro atoms. The second kappa shape index (κ2) is 8.57. The van der Waals surface area contributed by atoms with Gasteiger partial charge in [-0.25, -0.2) is 8.42 Å². The number of carbonyl (C=O) groups is 1. The predicted octanol–water partition coefficient (Wildman–Crippen LogP) is 2.47. The fourth-order valence-electron chi connectivity index (χ4n) is 4.69. The fourth-order valence-corrected chi connectivity index (χ4v) is 7.72. The Morgan fingerprint density at radius 1 is 1.10 bits per heavy atom. The van der Waals surface area contributed by atoms with Gasteiger partial charge in [0.2, 0.25) is 15.9 Å². The highest BCUT2D eigenvalue weighted by Gasteiger charge is 2.39. The smallest absolute Gasteiger partial charge is 0.247 e. The summed E-state index contributed by atoms with van der Waals surface area (Å²) in [6.45, 7) is 7.13. The molecule has 3 atom stereocenters. The number of hydrogen-bond acceptors (Lipinski definition) is 5. The van der Waals surface area contributed by atoms with Crippen LogP contribution in [0.15, 0.2) is 34.6 Å². The largest absolute Gasteiger partial charge is 0.338 e. The molecule has 8 heteroatoms. The number of piperidine rings is 2. The van der Waals surface area contributed by atoms with Crippen LogP contribution in [0.1, 0.15) is 39.5 Å². The number of nitrogens with one attached hydrogen (secondary N) is 1. The first-order chi connectivity index (χ1) is 13.8. The lowest BCUT2D eigenvalue weighted by atomic mass is 9.97. The van der Waals surface area contributed by atoms with Crippen LogP contribution in [0.5, 0.6) is 0 Å². The van der Waals surface area contributed by atoms with Gasteiger partial charge in [0.1, 0.15) is 10.3 Å². The van der Waals surface area contributed by atoms with Crippen molar-refractivity contribution in [2.75, 3.05) is 19.6 Å². The molecule has 0 aromatic heterocycles. The molecule has 2 unspecified atom stereocenters. The van der Waals surface area contributed by atoms with Crippen molar-refractivity contribution >= 4 is 27.7 Å². The summed E-state index contributed by atoms with van der Waals surface area (Å²) in [5.41, 5.74) is 0. The van der Waals surface area contributed by atoms with E-state index in [1.165, 1.54) is 11.8 Å². The van der Waals surface area contributed by atoms with E-state index in [0.29, 0.717) is 16.7 Å². The van der Waals surface area contributed by atoms with Crippen LogP contribution in [0.4, 0.5) is 0 Å². The highest BCUT2D eigenvalue weighted by Crippen LogP contribution is 2.42. The first-order valence-electron chi connectivity index (χ1n) is 10.7. The van der Waals surface area contributed by atoms with Gasteiger partial charge in [-0.3, -0.25) is 4.79 Å². The zero-order chi connectivity index (χ0) is 20.6. The molecule has 2 fully saturated rings. The minimum absolute atomic E-state index is 0.0522. The van der Waals surface area contributed by atoms with Gasteiger partial charge in [0, 0.05) is 42.9 Å². The van der Waals surface area contributed by atoms with E-state index in [1.54, 1.807) is 0 Å². The summed E-state index contributed by atoms with van der Waals surface area (Å²) in [6.07, 6.45) is 13.1.